The van der Waals surface area contributed by atoms with E-state index in [1.807, 2.05) is 30.3 Å². The Morgan fingerprint density at radius 2 is 1.72 bits per heavy atom. The Labute approximate surface area is 198 Å². The van der Waals surface area contributed by atoms with Gasteiger partial charge in [0.25, 0.3) is 0 Å². The lowest BCUT2D eigenvalue weighted by Gasteiger charge is -2.23. The molecule has 1 aliphatic rings. The number of nitrogens with zero attached hydrogens (tertiary/aromatic N) is 1. The van der Waals surface area contributed by atoms with Crippen LogP contribution in [0.25, 0.3) is 6.08 Å². The van der Waals surface area contributed by atoms with Crippen molar-refractivity contribution in [1.82, 2.24) is 0 Å². The number of carbonyl (C=O) groups excluding carboxylic acids is 1. The number of rotatable bonds is 12. The molecule has 0 unspecified atom stereocenters. The molecule has 1 heterocycles. The molecular formula is C28H38NO2S+. The number of thioether (sulfide) groups is 1. The molecule has 0 radical (unpaired) electrons. The molecule has 0 fully saturated rings. The van der Waals surface area contributed by atoms with E-state index >= 15 is 0 Å². The van der Waals surface area contributed by atoms with Gasteiger partial charge in [0.15, 0.2) is 0 Å². The molecule has 0 atom stereocenters. The molecule has 0 amide bonds. The van der Waals surface area contributed by atoms with E-state index in [0.29, 0.717) is 0 Å². The highest BCUT2D eigenvalue weighted by Crippen LogP contribution is 2.41. The van der Waals surface area contributed by atoms with Gasteiger partial charge in [-0.25, -0.2) is 0 Å². The van der Waals surface area contributed by atoms with Gasteiger partial charge in [0.05, 0.1) is 39.2 Å². The van der Waals surface area contributed by atoms with E-state index in [4.69, 9.17) is 4.74 Å². The van der Waals surface area contributed by atoms with Crippen molar-refractivity contribution in [3.05, 3.63) is 64.1 Å². The molecule has 0 aliphatic carbocycles. The number of ketones is 1. The van der Waals surface area contributed by atoms with Crippen molar-refractivity contribution in [3.8, 4) is 5.75 Å². The first kappa shape index (κ1) is 24.6. The van der Waals surface area contributed by atoms with Gasteiger partial charge in [0, 0.05) is 10.5 Å². The molecule has 32 heavy (non-hydrogen) atoms. The predicted octanol–water partition coefficient (Wildman–Crippen LogP) is 7.00. The monoisotopic (exact) mass is 452 g/mol. The Morgan fingerprint density at radius 1 is 0.938 bits per heavy atom. The summed E-state index contributed by atoms with van der Waals surface area (Å²) in [5.74, 6) is 1.04. The van der Waals surface area contributed by atoms with Crippen molar-refractivity contribution in [2.45, 2.75) is 56.8 Å². The van der Waals surface area contributed by atoms with E-state index in [1.165, 1.54) is 31.2 Å². The second-order valence-electron chi connectivity index (χ2n) is 9.72. The molecule has 1 aliphatic heterocycles. The van der Waals surface area contributed by atoms with Crippen molar-refractivity contribution < 1.29 is 14.0 Å². The Hall–Kier alpha value is -2.04. The summed E-state index contributed by atoms with van der Waals surface area (Å²) in [4.78, 5) is 14.8. The largest absolute Gasteiger partial charge is 0.494 e. The third-order valence-corrected chi connectivity index (χ3v) is 6.82. The minimum Gasteiger partial charge on any atom is -0.494 e. The van der Waals surface area contributed by atoms with Gasteiger partial charge < -0.3 is 9.22 Å². The number of Topliss-reactive ketones (excluding diaryl/α,β-unsaturated/α-hetero) is 1. The van der Waals surface area contributed by atoms with E-state index in [9.17, 15) is 4.79 Å². The zero-order chi connectivity index (χ0) is 23.0. The molecule has 0 saturated heterocycles. The van der Waals surface area contributed by atoms with Gasteiger partial charge in [0.2, 0.25) is 5.78 Å². The number of hydrogen-bond donors (Lipinski definition) is 0. The lowest BCUT2D eigenvalue weighted by atomic mass is 10.0. The third-order valence-electron chi connectivity index (χ3n) is 5.72. The van der Waals surface area contributed by atoms with Gasteiger partial charge in [-0.2, -0.15) is 0 Å². The van der Waals surface area contributed by atoms with E-state index in [2.05, 4.69) is 46.3 Å². The van der Waals surface area contributed by atoms with Crippen LogP contribution in [0.3, 0.4) is 0 Å². The van der Waals surface area contributed by atoms with E-state index in [-0.39, 0.29) is 5.78 Å². The summed E-state index contributed by atoms with van der Waals surface area (Å²) in [7, 11) is 6.65. The molecule has 3 nitrogen and oxygen atoms in total. The maximum absolute atomic E-state index is 13.0. The summed E-state index contributed by atoms with van der Waals surface area (Å²) in [6, 6.07) is 14.5. The Balaban J connectivity index is 1.53. The SMILES string of the molecule is CCCCCCc1ccc2c(c1)C(=O)/C(=C\c1ccc(OCCCC[N+](C)(C)C)cc1)S2. The van der Waals surface area contributed by atoms with Gasteiger partial charge >= 0.3 is 0 Å². The van der Waals surface area contributed by atoms with E-state index in [1.54, 1.807) is 11.8 Å². The van der Waals surface area contributed by atoms with Crippen LogP contribution in [0.15, 0.2) is 52.3 Å². The smallest absolute Gasteiger partial charge is 0.200 e. The zero-order valence-electron chi connectivity index (χ0n) is 20.2. The number of benzene rings is 2. The molecule has 3 rings (SSSR count). The zero-order valence-corrected chi connectivity index (χ0v) is 21.0. The summed E-state index contributed by atoms with van der Waals surface area (Å²) in [6.45, 7) is 4.13. The van der Waals surface area contributed by atoms with Crippen molar-refractivity contribution in [2.24, 2.45) is 0 Å². The van der Waals surface area contributed by atoms with Crippen LogP contribution in [-0.4, -0.2) is 44.6 Å². The average Bonchev–Trinajstić information content (AvgIpc) is 3.06. The molecule has 2 aromatic rings. The van der Waals surface area contributed by atoms with Crippen molar-refractivity contribution in [2.75, 3.05) is 34.3 Å². The summed E-state index contributed by atoms with van der Waals surface area (Å²) < 4.78 is 6.87. The van der Waals surface area contributed by atoms with Crippen LogP contribution in [0, 0.1) is 0 Å². The number of ether oxygens (including phenoxy) is 1. The number of hydrogen-bond acceptors (Lipinski definition) is 3. The number of fused-ring (bicyclic) bond motifs is 1. The number of allylic oxidation sites excluding steroid dienone is 1. The summed E-state index contributed by atoms with van der Waals surface area (Å²) >= 11 is 1.58. The second-order valence-corrected chi connectivity index (χ2v) is 10.8. The molecule has 2 aromatic carbocycles. The first-order valence-corrected chi connectivity index (χ1v) is 12.8. The fourth-order valence-corrected chi connectivity index (χ4v) is 4.87. The fraction of sp³-hybridized carbons (Fsp3) is 0.464. The molecule has 0 N–H and O–H groups in total. The van der Waals surface area contributed by atoms with Crippen LogP contribution >= 0.6 is 11.8 Å². The molecule has 4 heteroatoms. The first-order valence-electron chi connectivity index (χ1n) is 12.0. The Morgan fingerprint density at radius 3 is 2.44 bits per heavy atom. The summed E-state index contributed by atoms with van der Waals surface area (Å²) in [5, 5.41) is 0. The molecule has 172 valence electrons. The van der Waals surface area contributed by atoms with Gasteiger partial charge in [-0.1, -0.05) is 56.1 Å². The minimum atomic E-state index is 0.151. The van der Waals surface area contributed by atoms with E-state index in [0.717, 1.165) is 63.6 Å². The second kappa shape index (κ2) is 11.7. The molecular weight excluding hydrogens is 414 g/mol. The van der Waals surface area contributed by atoms with E-state index < -0.39 is 0 Å². The highest BCUT2D eigenvalue weighted by atomic mass is 32.2. The average molecular weight is 453 g/mol. The van der Waals surface area contributed by atoms with Crippen LogP contribution in [0.2, 0.25) is 0 Å². The van der Waals surface area contributed by atoms with Gasteiger partial charge in [0.1, 0.15) is 5.75 Å². The highest BCUT2D eigenvalue weighted by molar-refractivity contribution is 8.04. The maximum atomic E-state index is 13.0. The minimum absolute atomic E-state index is 0.151. The van der Waals surface area contributed by atoms with Crippen LogP contribution in [-0.2, 0) is 6.42 Å². The van der Waals surface area contributed by atoms with Gasteiger partial charge in [-0.3, -0.25) is 4.79 Å². The van der Waals surface area contributed by atoms with Crippen LogP contribution in [0.5, 0.6) is 5.75 Å². The molecule has 0 spiro atoms. The number of unbranched alkanes of at least 4 members (excludes halogenated alkanes) is 4. The first-order chi connectivity index (χ1) is 15.4. The quantitative estimate of drug-likeness (QED) is 0.197. The standard InChI is InChI=1S/C28H38NO2S/c1-5-6-7-8-11-22-14-17-26-25(20-22)28(30)27(32-26)21-23-12-15-24(16-13-23)31-19-10-9-18-29(2,3)4/h12-17,20-21H,5-11,18-19H2,1-4H3/q+1/b27-21+. The molecule has 0 aromatic heterocycles. The Kier molecular flexibility index (Phi) is 9.01. The Bertz CT molecular complexity index is 925. The van der Waals surface area contributed by atoms with Gasteiger partial charge in [-0.05, 0) is 67.2 Å². The third kappa shape index (κ3) is 7.53. The van der Waals surface area contributed by atoms with Crippen molar-refractivity contribution >= 4 is 23.6 Å². The van der Waals surface area contributed by atoms with Crippen LogP contribution < -0.4 is 4.74 Å². The van der Waals surface area contributed by atoms with Crippen LogP contribution in [0.4, 0.5) is 0 Å². The van der Waals surface area contributed by atoms with Crippen molar-refractivity contribution in [1.29, 1.82) is 0 Å². The normalized spacial score (nSPS) is 14.8. The van der Waals surface area contributed by atoms with Crippen LogP contribution in [0.1, 0.15) is 66.9 Å². The number of carbonyl (C=O) groups is 1. The number of aryl methyl sites for hydroxylation is 1. The van der Waals surface area contributed by atoms with Gasteiger partial charge in [-0.15, -0.1) is 0 Å². The van der Waals surface area contributed by atoms with Crippen molar-refractivity contribution in [3.63, 3.8) is 0 Å². The molecule has 0 bridgehead atoms. The topological polar surface area (TPSA) is 26.3 Å². The fourth-order valence-electron chi connectivity index (χ4n) is 3.84. The lowest BCUT2D eigenvalue weighted by molar-refractivity contribution is -0.870. The lowest BCUT2D eigenvalue weighted by Crippen LogP contribution is -2.35. The number of quaternary nitrogens is 1. The predicted molar refractivity (Wildman–Crippen MR) is 137 cm³/mol. The maximum Gasteiger partial charge on any atom is 0.200 e. The molecule has 0 saturated carbocycles. The summed E-state index contributed by atoms with van der Waals surface area (Å²) in [6.07, 6.45) is 10.3. The summed E-state index contributed by atoms with van der Waals surface area (Å²) in [5.41, 5.74) is 3.17. The highest BCUT2D eigenvalue weighted by Gasteiger charge is 2.26.